The van der Waals surface area contributed by atoms with Crippen LogP contribution in [0.15, 0.2) is 42.7 Å². The molecule has 3 heterocycles. The van der Waals surface area contributed by atoms with E-state index < -0.39 is 0 Å². The third-order valence-electron chi connectivity index (χ3n) is 5.22. The molecule has 0 spiro atoms. The second-order valence-corrected chi connectivity index (χ2v) is 7.42. The Kier molecular flexibility index (Phi) is 5.15. The maximum atomic E-state index is 12.7. The van der Waals surface area contributed by atoms with E-state index in [0.717, 1.165) is 23.2 Å². The van der Waals surface area contributed by atoms with E-state index in [9.17, 15) is 9.59 Å². The lowest BCUT2D eigenvalue weighted by atomic mass is 10.0. The van der Waals surface area contributed by atoms with E-state index in [2.05, 4.69) is 10.3 Å². The first kappa shape index (κ1) is 19.3. The van der Waals surface area contributed by atoms with Gasteiger partial charge in [0.15, 0.2) is 5.65 Å². The zero-order chi connectivity index (χ0) is 20.5. The molecule has 1 aliphatic heterocycles. The molecule has 1 N–H and O–H groups in total. The lowest BCUT2D eigenvalue weighted by molar-refractivity contribution is 0.0804. The summed E-state index contributed by atoms with van der Waals surface area (Å²) < 4.78 is 1.35. The summed E-state index contributed by atoms with van der Waals surface area (Å²) in [6, 6.07) is 9.60. The molecule has 1 fully saturated rings. The number of nitrogens with zero attached hydrogens (tertiary/aromatic N) is 4. The van der Waals surface area contributed by atoms with Gasteiger partial charge in [-0.3, -0.25) is 9.69 Å². The number of benzene rings is 1. The van der Waals surface area contributed by atoms with Gasteiger partial charge in [-0.2, -0.15) is 0 Å². The van der Waals surface area contributed by atoms with Crippen LogP contribution in [0.2, 0.25) is 0 Å². The second kappa shape index (κ2) is 7.75. The van der Waals surface area contributed by atoms with Crippen LogP contribution in [0.5, 0.6) is 0 Å². The van der Waals surface area contributed by atoms with Gasteiger partial charge in [0, 0.05) is 67.5 Å². The van der Waals surface area contributed by atoms with Gasteiger partial charge in [-0.25, -0.2) is 13.9 Å². The van der Waals surface area contributed by atoms with Gasteiger partial charge in [0.2, 0.25) is 0 Å². The van der Waals surface area contributed by atoms with Crippen molar-refractivity contribution >= 4 is 40.4 Å². The van der Waals surface area contributed by atoms with Crippen LogP contribution in [0.3, 0.4) is 0 Å². The molecule has 0 saturated carbocycles. The predicted octanol–water partition coefficient (Wildman–Crippen LogP) is 3.72. The molecule has 0 atom stereocenters. The summed E-state index contributed by atoms with van der Waals surface area (Å²) in [5.74, 6) is -0.102. The van der Waals surface area contributed by atoms with Crippen molar-refractivity contribution in [3.05, 3.63) is 48.3 Å². The first-order valence-corrected chi connectivity index (χ1v) is 9.92. The van der Waals surface area contributed by atoms with Crippen molar-refractivity contribution in [3.63, 3.8) is 0 Å². The molecule has 150 valence electrons. The minimum absolute atomic E-state index is 0.0864. The molecule has 0 radical (unpaired) electrons. The zero-order valence-electron chi connectivity index (χ0n) is 16.4. The number of hydrogen-bond acceptors (Lipinski definition) is 3. The fraction of sp³-hybridized carbons (Fsp3) is 0.286. The quantitative estimate of drug-likeness (QED) is 0.711. The number of rotatable bonds is 4. The number of aromatic nitrogens is 2. The molecule has 0 aliphatic carbocycles. The molecule has 1 saturated heterocycles. The molecule has 3 aromatic rings. The molecular weight excluding hydrogens is 390 g/mol. The van der Waals surface area contributed by atoms with Crippen LogP contribution < -0.4 is 10.2 Å². The Balaban J connectivity index is 1.76. The van der Waals surface area contributed by atoms with Gasteiger partial charge in [0.1, 0.15) is 0 Å². The Morgan fingerprint density at radius 1 is 1.31 bits per heavy atom. The lowest BCUT2D eigenvalue weighted by Gasteiger charge is -2.27. The number of fused-ring (bicyclic) bond motifs is 1. The average molecular weight is 412 g/mol. The highest BCUT2D eigenvalue weighted by Gasteiger charge is 2.21. The van der Waals surface area contributed by atoms with E-state index in [4.69, 9.17) is 11.8 Å². The van der Waals surface area contributed by atoms with Crippen LogP contribution in [0.4, 0.5) is 10.5 Å². The fourth-order valence-corrected chi connectivity index (χ4v) is 3.71. The van der Waals surface area contributed by atoms with Crippen molar-refractivity contribution in [1.82, 2.24) is 19.3 Å². The van der Waals surface area contributed by atoms with Gasteiger partial charge in [0.05, 0.1) is 5.56 Å². The number of amides is 3. The van der Waals surface area contributed by atoms with Crippen molar-refractivity contribution in [1.29, 1.82) is 0 Å². The van der Waals surface area contributed by atoms with Crippen LogP contribution in [0.1, 0.15) is 23.7 Å². The average Bonchev–Trinajstić information content (AvgIpc) is 3.09. The highest BCUT2D eigenvalue weighted by Crippen LogP contribution is 2.30. The van der Waals surface area contributed by atoms with Crippen LogP contribution in [0.25, 0.3) is 22.2 Å². The summed E-state index contributed by atoms with van der Waals surface area (Å²) in [5.41, 5.74) is 3.65. The van der Waals surface area contributed by atoms with Gasteiger partial charge in [0.25, 0.3) is 5.91 Å². The van der Waals surface area contributed by atoms with Crippen LogP contribution in [-0.4, -0.2) is 52.6 Å². The Hall–Kier alpha value is -3.06. The first-order chi connectivity index (χ1) is 14.0. The number of carbonyl (C=O) groups excluding carboxylic acids is 2. The molecule has 0 bridgehead atoms. The summed E-state index contributed by atoms with van der Waals surface area (Å²) >= 11 is 6.24. The monoisotopic (exact) mass is 411 g/mol. The van der Waals surface area contributed by atoms with Crippen molar-refractivity contribution in [2.75, 3.05) is 31.6 Å². The maximum absolute atomic E-state index is 12.7. The third-order valence-corrected chi connectivity index (χ3v) is 5.48. The summed E-state index contributed by atoms with van der Waals surface area (Å²) in [5, 5.41) is 3.57. The van der Waals surface area contributed by atoms with E-state index in [-0.39, 0.29) is 11.9 Å². The molecular formula is C21H22ClN5O2. The Labute approximate surface area is 174 Å². The number of carbonyl (C=O) groups is 2. The predicted molar refractivity (Wildman–Crippen MR) is 114 cm³/mol. The molecule has 1 aliphatic rings. The number of hydrogen-bond donors (Lipinski definition) is 1. The van der Waals surface area contributed by atoms with Gasteiger partial charge < -0.3 is 10.2 Å². The highest BCUT2D eigenvalue weighted by molar-refractivity contribution is 6.21. The summed E-state index contributed by atoms with van der Waals surface area (Å²) in [4.78, 5) is 32.7. The van der Waals surface area contributed by atoms with Gasteiger partial charge in [-0.05, 0) is 37.1 Å². The molecule has 0 unspecified atom stereocenters. The van der Waals surface area contributed by atoms with Crippen molar-refractivity contribution < 1.29 is 9.59 Å². The SMILES string of the molecule is CCN(C)C(=O)c1cn(Cl)c2ncc(-c3cccc(N4CCCNC4=O)c3)cc12. The zero-order valence-corrected chi connectivity index (χ0v) is 17.1. The number of pyridine rings is 1. The fourth-order valence-electron chi connectivity index (χ4n) is 3.48. The molecule has 1 aromatic carbocycles. The summed E-state index contributed by atoms with van der Waals surface area (Å²) in [7, 11) is 1.75. The third kappa shape index (κ3) is 3.53. The standard InChI is InChI=1S/C21H22ClN5O2/c1-3-25(2)20(28)18-13-27(22)19-17(18)11-15(12-24-19)14-6-4-7-16(10-14)26-9-5-8-23-21(26)29/h4,6-7,10-13H,3,5,8-9H2,1-2H3,(H,23,29). The highest BCUT2D eigenvalue weighted by atomic mass is 35.5. The van der Waals surface area contributed by atoms with Crippen molar-refractivity contribution in [2.45, 2.75) is 13.3 Å². The second-order valence-electron chi connectivity index (χ2n) is 7.06. The summed E-state index contributed by atoms with van der Waals surface area (Å²) in [6.45, 7) is 3.91. The largest absolute Gasteiger partial charge is 0.342 e. The number of urea groups is 1. The Morgan fingerprint density at radius 3 is 2.90 bits per heavy atom. The molecule has 29 heavy (non-hydrogen) atoms. The number of halogens is 1. The van der Waals surface area contributed by atoms with Crippen molar-refractivity contribution in [3.8, 4) is 11.1 Å². The van der Waals surface area contributed by atoms with E-state index >= 15 is 0 Å². The summed E-state index contributed by atoms with van der Waals surface area (Å²) in [6.07, 6.45) is 4.24. The maximum Gasteiger partial charge on any atom is 0.321 e. The smallest absolute Gasteiger partial charge is 0.321 e. The molecule has 8 heteroatoms. The lowest BCUT2D eigenvalue weighted by Crippen LogP contribution is -2.46. The van der Waals surface area contributed by atoms with Crippen molar-refractivity contribution in [2.24, 2.45) is 0 Å². The first-order valence-electron chi connectivity index (χ1n) is 9.58. The minimum atomic E-state index is -0.102. The van der Waals surface area contributed by atoms with E-state index in [0.29, 0.717) is 36.2 Å². The van der Waals surface area contributed by atoms with Crippen LogP contribution >= 0.6 is 11.8 Å². The number of anilines is 1. The van der Waals surface area contributed by atoms with Gasteiger partial charge in [-0.15, -0.1) is 0 Å². The Morgan fingerprint density at radius 2 is 2.14 bits per heavy atom. The van der Waals surface area contributed by atoms with E-state index in [1.807, 2.05) is 37.3 Å². The molecule has 7 nitrogen and oxygen atoms in total. The topological polar surface area (TPSA) is 70.5 Å². The van der Waals surface area contributed by atoms with Gasteiger partial charge in [-0.1, -0.05) is 12.1 Å². The Bertz CT molecular complexity index is 1090. The molecule has 2 aromatic heterocycles. The molecule has 3 amide bonds. The van der Waals surface area contributed by atoms with Crippen LogP contribution in [0, 0.1) is 0 Å². The van der Waals surface area contributed by atoms with Gasteiger partial charge >= 0.3 is 6.03 Å². The minimum Gasteiger partial charge on any atom is -0.342 e. The number of nitrogens with one attached hydrogen (secondary N) is 1. The normalized spacial score (nSPS) is 14.2. The molecule has 4 rings (SSSR count). The van der Waals surface area contributed by atoms with E-state index in [1.54, 1.807) is 29.2 Å². The van der Waals surface area contributed by atoms with E-state index in [1.165, 1.54) is 4.09 Å². The van der Waals surface area contributed by atoms with Crippen LogP contribution in [-0.2, 0) is 0 Å².